The summed E-state index contributed by atoms with van der Waals surface area (Å²) in [5, 5.41) is 12.5. The van der Waals surface area contributed by atoms with Crippen LogP contribution in [0.3, 0.4) is 0 Å². The van der Waals surface area contributed by atoms with Gasteiger partial charge in [-0.1, -0.05) is 30.0 Å². The van der Waals surface area contributed by atoms with Crippen LogP contribution < -0.4 is 5.32 Å². The molecule has 0 bridgehead atoms. The molecule has 0 radical (unpaired) electrons. The molecule has 9 heteroatoms. The predicted molar refractivity (Wildman–Crippen MR) is 126 cm³/mol. The molecule has 1 N–H and O–H groups in total. The van der Waals surface area contributed by atoms with Crippen LogP contribution in [0.5, 0.6) is 0 Å². The van der Waals surface area contributed by atoms with Crippen LogP contribution >= 0.6 is 11.8 Å². The maximum Gasteiger partial charge on any atom is 0.238 e. The SMILES string of the molecule is CCn1c(SCC(=O)N2CCN(CC(=O)Nc3c(C)cccc3C)CC2)nnc1C1CC1. The normalized spacial score (nSPS) is 16.9. The summed E-state index contributed by atoms with van der Waals surface area (Å²) in [7, 11) is 0. The van der Waals surface area contributed by atoms with Crippen LogP contribution in [0.25, 0.3) is 0 Å². The minimum Gasteiger partial charge on any atom is -0.339 e. The van der Waals surface area contributed by atoms with Gasteiger partial charge in [0.25, 0.3) is 0 Å². The van der Waals surface area contributed by atoms with E-state index in [1.54, 1.807) is 0 Å². The number of carbonyl (C=O) groups excluding carboxylic acids is 2. The Morgan fingerprint density at radius 1 is 1.09 bits per heavy atom. The largest absolute Gasteiger partial charge is 0.339 e. The Kier molecular flexibility index (Phi) is 7.15. The molecule has 8 nitrogen and oxygen atoms in total. The number of piperazine rings is 1. The molecule has 1 aliphatic heterocycles. The van der Waals surface area contributed by atoms with E-state index in [-0.39, 0.29) is 11.8 Å². The standard InChI is InChI=1S/C23H32N6O2S/c1-4-29-22(18-8-9-18)25-26-23(29)32-15-20(31)28-12-10-27(11-13-28)14-19(30)24-21-16(2)6-5-7-17(21)3/h5-7,18H,4,8-15H2,1-3H3,(H,24,30). The van der Waals surface area contributed by atoms with E-state index in [1.807, 2.05) is 36.9 Å². The van der Waals surface area contributed by atoms with Crippen molar-refractivity contribution in [2.45, 2.75) is 51.2 Å². The highest BCUT2D eigenvalue weighted by atomic mass is 32.2. The van der Waals surface area contributed by atoms with Crippen molar-refractivity contribution in [3.8, 4) is 0 Å². The smallest absolute Gasteiger partial charge is 0.238 e. The summed E-state index contributed by atoms with van der Waals surface area (Å²) in [5.41, 5.74) is 3.02. The number of carbonyl (C=O) groups is 2. The second kappa shape index (κ2) is 10.0. The van der Waals surface area contributed by atoms with Crippen molar-refractivity contribution < 1.29 is 9.59 Å². The molecular weight excluding hydrogens is 424 g/mol. The molecule has 0 spiro atoms. The molecule has 4 rings (SSSR count). The number of thioether (sulfide) groups is 1. The molecular formula is C23H32N6O2S. The van der Waals surface area contributed by atoms with E-state index in [0.29, 0.717) is 44.4 Å². The van der Waals surface area contributed by atoms with E-state index in [2.05, 4.69) is 31.9 Å². The maximum atomic E-state index is 12.7. The lowest BCUT2D eigenvalue weighted by molar-refractivity contribution is -0.130. The van der Waals surface area contributed by atoms with Gasteiger partial charge in [-0.3, -0.25) is 14.5 Å². The molecule has 2 fully saturated rings. The first-order valence-electron chi connectivity index (χ1n) is 11.4. The van der Waals surface area contributed by atoms with Gasteiger partial charge < -0.3 is 14.8 Å². The van der Waals surface area contributed by atoms with Gasteiger partial charge in [0.05, 0.1) is 12.3 Å². The highest BCUT2D eigenvalue weighted by molar-refractivity contribution is 7.99. The summed E-state index contributed by atoms with van der Waals surface area (Å²) in [6.45, 7) is 9.96. The fourth-order valence-electron chi connectivity index (χ4n) is 4.11. The van der Waals surface area contributed by atoms with Gasteiger partial charge >= 0.3 is 0 Å². The fourth-order valence-corrected chi connectivity index (χ4v) is 5.03. The van der Waals surface area contributed by atoms with Crippen LogP contribution in [0, 0.1) is 13.8 Å². The number of para-hydroxylation sites is 1. The van der Waals surface area contributed by atoms with Crippen LogP contribution in [-0.2, 0) is 16.1 Å². The first kappa shape index (κ1) is 22.8. The number of nitrogens with one attached hydrogen (secondary N) is 1. The number of benzene rings is 1. The van der Waals surface area contributed by atoms with Crippen molar-refractivity contribution >= 4 is 29.3 Å². The summed E-state index contributed by atoms with van der Waals surface area (Å²) >= 11 is 1.48. The zero-order chi connectivity index (χ0) is 22.7. The number of hydrogen-bond donors (Lipinski definition) is 1. The van der Waals surface area contributed by atoms with E-state index in [9.17, 15) is 9.59 Å². The Labute approximate surface area is 193 Å². The zero-order valence-electron chi connectivity index (χ0n) is 19.1. The lowest BCUT2D eigenvalue weighted by Crippen LogP contribution is -2.51. The average molecular weight is 457 g/mol. The molecule has 172 valence electrons. The molecule has 1 saturated heterocycles. The van der Waals surface area contributed by atoms with Crippen molar-refractivity contribution in [2.24, 2.45) is 0 Å². The summed E-state index contributed by atoms with van der Waals surface area (Å²) in [4.78, 5) is 29.2. The molecule has 2 aliphatic rings. The monoisotopic (exact) mass is 456 g/mol. The van der Waals surface area contributed by atoms with E-state index in [4.69, 9.17) is 0 Å². The third-order valence-corrected chi connectivity index (χ3v) is 7.12. The number of nitrogens with zero attached hydrogens (tertiary/aromatic N) is 5. The van der Waals surface area contributed by atoms with Gasteiger partial charge in [0.2, 0.25) is 11.8 Å². The summed E-state index contributed by atoms with van der Waals surface area (Å²) in [5.74, 6) is 2.09. The molecule has 1 saturated carbocycles. The van der Waals surface area contributed by atoms with E-state index in [0.717, 1.165) is 34.3 Å². The van der Waals surface area contributed by atoms with Crippen molar-refractivity contribution in [2.75, 3.05) is 43.8 Å². The topological polar surface area (TPSA) is 83.4 Å². The van der Waals surface area contributed by atoms with Gasteiger partial charge in [0, 0.05) is 44.3 Å². The van der Waals surface area contributed by atoms with Crippen molar-refractivity contribution in [1.82, 2.24) is 24.6 Å². The number of amides is 2. The van der Waals surface area contributed by atoms with Crippen molar-refractivity contribution in [1.29, 1.82) is 0 Å². The molecule has 32 heavy (non-hydrogen) atoms. The van der Waals surface area contributed by atoms with Crippen LogP contribution in [-0.4, -0.2) is 74.9 Å². The molecule has 2 amide bonds. The Morgan fingerprint density at radius 3 is 2.41 bits per heavy atom. The fraction of sp³-hybridized carbons (Fsp3) is 0.565. The van der Waals surface area contributed by atoms with Crippen molar-refractivity contribution in [3.63, 3.8) is 0 Å². The second-order valence-corrected chi connectivity index (χ2v) is 9.56. The Balaban J connectivity index is 1.22. The van der Waals surface area contributed by atoms with E-state index < -0.39 is 0 Å². The quantitative estimate of drug-likeness (QED) is 0.615. The van der Waals surface area contributed by atoms with Gasteiger partial charge in [-0.2, -0.15) is 0 Å². The van der Waals surface area contributed by atoms with Gasteiger partial charge in [-0.15, -0.1) is 10.2 Å². The number of anilines is 1. The highest BCUT2D eigenvalue weighted by Gasteiger charge is 2.30. The number of aryl methyl sites for hydroxylation is 2. The van der Waals surface area contributed by atoms with Crippen LogP contribution in [0.2, 0.25) is 0 Å². The average Bonchev–Trinajstić information content (AvgIpc) is 3.54. The lowest BCUT2D eigenvalue weighted by atomic mass is 10.1. The van der Waals surface area contributed by atoms with E-state index in [1.165, 1.54) is 24.6 Å². The third-order valence-electron chi connectivity index (χ3n) is 6.17. The molecule has 2 heterocycles. The molecule has 0 atom stereocenters. The van der Waals surface area contributed by atoms with Crippen LogP contribution in [0.1, 0.15) is 42.6 Å². The Bertz CT molecular complexity index is 959. The van der Waals surface area contributed by atoms with Gasteiger partial charge in [0.1, 0.15) is 5.82 Å². The Morgan fingerprint density at radius 2 is 1.78 bits per heavy atom. The minimum absolute atomic E-state index is 0.0110. The summed E-state index contributed by atoms with van der Waals surface area (Å²) in [6.07, 6.45) is 2.38. The number of rotatable bonds is 8. The minimum atomic E-state index is -0.0110. The van der Waals surface area contributed by atoms with Gasteiger partial charge in [-0.05, 0) is 44.7 Å². The lowest BCUT2D eigenvalue weighted by Gasteiger charge is -2.34. The molecule has 1 aromatic carbocycles. The zero-order valence-corrected chi connectivity index (χ0v) is 20.0. The molecule has 1 aromatic heterocycles. The first-order valence-corrected chi connectivity index (χ1v) is 12.4. The number of aromatic nitrogens is 3. The molecule has 2 aromatic rings. The van der Waals surface area contributed by atoms with Gasteiger partial charge in [0.15, 0.2) is 5.16 Å². The third kappa shape index (κ3) is 5.32. The van der Waals surface area contributed by atoms with Crippen LogP contribution in [0.4, 0.5) is 5.69 Å². The molecule has 1 aliphatic carbocycles. The summed E-state index contributed by atoms with van der Waals surface area (Å²) in [6, 6.07) is 5.99. The highest BCUT2D eigenvalue weighted by Crippen LogP contribution is 2.40. The summed E-state index contributed by atoms with van der Waals surface area (Å²) < 4.78 is 2.14. The van der Waals surface area contributed by atoms with Gasteiger partial charge in [-0.25, -0.2) is 0 Å². The first-order chi connectivity index (χ1) is 15.5. The maximum absolute atomic E-state index is 12.7. The number of hydrogen-bond acceptors (Lipinski definition) is 6. The second-order valence-electron chi connectivity index (χ2n) is 8.62. The predicted octanol–water partition coefficient (Wildman–Crippen LogP) is 2.67. The van der Waals surface area contributed by atoms with E-state index >= 15 is 0 Å². The van der Waals surface area contributed by atoms with Crippen molar-refractivity contribution in [3.05, 3.63) is 35.2 Å². The van der Waals surface area contributed by atoms with Crippen LogP contribution in [0.15, 0.2) is 23.4 Å². The Hall–Kier alpha value is -2.39. The molecule has 0 unspecified atom stereocenters.